The van der Waals surface area contributed by atoms with Crippen LogP contribution in [0.2, 0.25) is 0 Å². The van der Waals surface area contributed by atoms with Gasteiger partial charge < -0.3 is 9.64 Å². The van der Waals surface area contributed by atoms with Gasteiger partial charge in [-0.2, -0.15) is 0 Å². The Labute approximate surface area is 86.3 Å². The highest BCUT2D eigenvalue weighted by molar-refractivity contribution is 5.82. The van der Waals surface area contributed by atoms with Gasteiger partial charge in [0.1, 0.15) is 11.6 Å². The molecule has 0 fully saturated rings. The average Bonchev–Trinajstić information content (AvgIpc) is 2.18. The number of carbonyl (C=O) groups excluding carboxylic acids is 2. The summed E-state index contributed by atoms with van der Waals surface area (Å²) in [6.45, 7) is 0. The summed E-state index contributed by atoms with van der Waals surface area (Å²) in [7, 11) is 2.98. The Bertz CT molecular complexity index is 390. The molecule has 0 spiro atoms. The van der Waals surface area contributed by atoms with Crippen LogP contribution in [0, 0.1) is 5.82 Å². The van der Waals surface area contributed by atoms with Crippen LogP contribution < -0.4 is 4.74 Å². The lowest BCUT2D eigenvalue weighted by atomic mass is 10.2. The van der Waals surface area contributed by atoms with Crippen LogP contribution in [0.4, 0.5) is 9.18 Å². The number of hydrogen-bond acceptors (Lipinski definition) is 3. The molecule has 0 aliphatic heterocycles. The number of halogens is 1. The summed E-state index contributed by atoms with van der Waals surface area (Å²) in [5, 5.41) is 0. The fourth-order valence-corrected chi connectivity index (χ4v) is 0.906. The second kappa shape index (κ2) is 4.54. The molecule has 0 bridgehead atoms. The number of aldehydes is 1. The van der Waals surface area contributed by atoms with E-state index in [1.807, 2.05) is 0 Å². The smallest absolute Gasteiger partial charge is 0.409 e. The van der Waals surface area contributed by atoms with E-state index in [-0.39, 0.29) is 11.3 Å². The molecule has 15 heavy (non-hydrogen) atoms. The third-order valence-electron chi connectivity index (χ3n) is 1.69. The zero-order valence-corrected chi connectivity index (χ0v) is 8.36. The average molecular weight is 211 g/mol. The SMILES string of the molecule is CN(C)C(=O)Oc1cccc(F)c1C=O. The predicted octanol–water partition coefficient (Wildman–Crippen LogP) is 1.70. The normalized spacial score (nSPS) is 9.53. The van der Waals surface area contributed by atoms with Gasteiger partial charge >= 0.3 is 6.09 Å². The standard InChI is InChI=1S/C10H10FNO3/c1-12(2)10(14)15-9-5-3-4-8(11)7(9)6-13/h3-6H,1-2H3. The van der Waals surface area contributed by atoms with Gasteiger partial charge in [0, 0.05) is 14.1 Å². The minimum atomic E-state index is -0.714. The molecule has 1 amide bonds. The molecule has 5 heteroatoms. The van der Waals surface area contributed by atoms with Crippen molar-refractivity contribution >= 4 is 12.4 Å². The number of nitrogens with zero attached hydrogens (tertiary/aromatic N) is 1. The second-order valence-corrected chi connectivity index (χ2v) is 3.03. The molecule has 0 radical (unpaired) electrons. The van der Waals surface area contributed by atoms with E-state index in [1.165, 1.54) is 31.1 Å². The number of benzene rings is 1. The lowest BCUT2D eigenvalue weighted by Crippen LogP contribution is -2.25. The summed E-state index contributed by atoms with van der Waals surface area (Å²) in [5.74, 6) is -0.794. The third kappa shape index (κ3) is 2.52. The van der Waals surface area contributed by atoms with Crippen LogP contribution in [-0.2, 0) is 0 Å². The van der Waals surface area contributed by atoms with Crippen molar-refractivity contribution in [1.82, 2.24) is 4.90 Å². The van der Waals surface area contributed by atoms with Crippen molar-refractivity contribution in [2.24, 2.45) is 0 Å². The number of carbonyl (C=O) groups is 2. The van der Waals surface area contributed by atoms with Crippen LogP contribution in [0.1, 0.15) is 10.4 Å². The molecule has 0 N–H and O–H groups in total. The highest BCUT2D eigenvalue weighted by Crippen LogP contribution is 2.19. The summed E-state index contributed by atoms with van der Waals surface area (Å²) in [4.78, 5) is 22.9. The Balaban J connectivity index is 2.99. The molecule has 0 aliphatic carbocycles. The first kappa shape index (κ1) is 11.2. The number of ether oxygens (including phenoxy) is 1. The minimum Gasteiger partial charge on any atom is -0.409 e. The van der Waals surface area contributed by atoms with E-state index < -0.39 is 11.9 Å². The highest BCUT2D eigenvalue weighted by atomic mass is 19.1. The van der Waals surface area contributed by atoms with E-state index >= 15 is 0 Å². The first-order valence-corrected chi connectivity index (χ1v) is 4.19. The molecule has 0 saturated carbocycles. The molecule has 1 rings (SSSR count). The van der Waals surface area contributed by atoms with Crippen molar-refractivity contribution in [2.45, 2.75) is 0 Å². The summed E-state index contributed by atoms with van der Waals surface area (Å²) < 4.78 is 17.9. The Hall–Kier alpha value is -1.91. The van der Waals surface area contributed by atoms with Crippen molar-refractivity contribution in [3.05, 3.63) is 29.6 Å². The van der Waals surface area contributed by atoms with Crippen LogP contribution in [0.5, 0.6) is 5.75 Å². The minimum absolute atomic E-state index is 0.0799. The molecule has 4 nitrogen and oxygen atoms in total. The molecule has 80 valence electrons. The first-order valence-electron chi connectivity index (χ1n) is 4.19. The molecule has 0 unspecified atom stereocenters. The van der Waals surface area contributed by atoms with Gasteiger partial charge in [0.25, 0.3) is 0 Å². The maximum absolute atomic E-state index is 13.1. The maximum atomic E-state index is 13.1. The largest absolute Gasteiger partial charge is 0.414 e. The quantitative estimate of drug-likeness (QED) is 0.699. The van der Waals surface area contributed by atoms with E-state index in [0.717, 1.165) is 6.07 Å². The van der Waals surface area contributed by atoms with E-state index in [9.17, 15) is 14.0 Å². The van der Waals surface area contributed by atoms with Crippen molar-refractivity contribution in [1.29, 1.82) is 0 Å². The van der Waals surface area contributed by atoms with Gasteiger partial charge in [-0.3, -0.25) is 4.79 Å². The monoisotopic (exact) mass is 211 g/mol. The summed E-state index contributed by atoms with van der Waals surface area (Å²) in [6.07, 6.45) is -0.350. The zero-order chi connectivity index (χ0) is 11.4. The van der Waals surface area contributed by atoms with Gasteiger partial charge in [-0.05, 0) is 12.1 Å². The van der Waals surface area contributed by atoms with Crippen molar-refractivity contribution in [3.63, 3.8) is 0 Å². The first-order chi connectivity index (χ1) is 7.06. The molecule has 1 aromatic rings. The molecular formula is C10H10FNO3. The predicted molar refractivity (Wildman–Crippen MR) is 51.5 cm³/mol. The molecule has 1 aromatic carbocycles. The van der Waals surface area contributed by atoms with Gasteiger partial charge in [-0.15, -0.1) is 0 Å². The summed E-state index contributed by atoms with van der Waals surface area (Å²) in [6, 6.07) is 3.84. The Morgan fingerprint density at radius 3 is 2.67 bits per heavy atom. The van der Waals surface area contributed by atoms with Crippen LogP contribution in [0.15, 0.2) is 18.2 Å². The molecule has 0 atom stereocenters. The lowest BCUT2D eigenvalue weighted by Gasteiger charge is -2.11. The second-order valence-electron chi connectivity index (χ2n) is 3.03. The number of amides is 1. The van der Waals surface area contributed by atoms with Crippen LogP contribution in [0.25, 0.3) is 0 Å². The van der Waals surface area contributed by atoms with Gasteiger partial charge in [-0.1, -0.05) is 6.07 Å². The molecular weight excluding hydrogens is 201 g/mol. The summed E-state index contributed by atoms with van der Waals surface area (Å²) in [5.41, 5.74) is -0.257. The third-order valence-corrected chi connectivity index (χ3v) is 1.69. The van der Waals surface area contributed by atoms with Crippen LogP contribution in [-0.4, -0.2) is 31.4 Å². The number of hydrogen-bond donors (Lipinski definition) is 0. The molecule has 0 aromatic heterocycles. The number of rotatable bonds is 2. The van der Waals surface area contributed by atoms with E-state index in [1.54, 1.807) is 0 Å². The Kier molecular flexibility index (Phi) is 3.38. The van der Waals surface area contributed by atoms with E-state index in [2.05, 4.69) is 0 Å². The Morgan fingerprint density at radius 2 is 2.13 bits per heavy atom. The fourth-order valence-electron chi connectivity index (χ4n) is 0.906. The van der Waals surface area contributed by atoms with Crippen molar-refractivity contribution in [2.75, 3.05) is 14.1 Å². The fraction of sp³-hybridized carbons (Fsp3) is 0.200. The molecule has 0 saturated heterocycles. The maximum Gasteiger partial charge on any atom is 0.414 e. The lowest BCUT2D eigenvalue weighted by molar-refractivity contribution is 0.111. The van der Waals surface area contributed by atoms with Gasteiger partial charge in [0.05, 0.1) is 5.56 Å². The van der Waals surface area contributed by atoms with Crippen molar-refractivity contribution in [3.8, 4) is 5.75 Å². The van der Waals surface area contributed by atoms with Gasteiger partial charge in [0.15, 0.2) is 6.29 Å². The van der Waals surface area contributed by atoms with E-state index in [0.29, 0.717) is 6.29 Å². The molecule has 0 heterocycles. The zero-order valence-electron chi connectivity index (χ0n) is 8.36. The summed E-state index contributed by atoms with van der Waals surface area (Å²) >= 11 is 0. The van der Waals surface area contributed by atoms with Crippen LogP contribution >= 0.6 is 0 Å². The Morgan fingerprint density at radius 1 is 1.47 bits per heavy atom. The molecule has 0 aliphatic rings. The van der Waals surface area contributed by atoms with Gasteiger partial charge in [0.2, 0.25) is 0 Å². The van der Waals surface area contributed by atoms with Gasteiger partial charge in [-0.25, -0.2) is 9.18 Å². The van der Waals surface area contributed by atoms with Crippen LogP contribution in [0.3, 0.4) is 0 Å². The topological polar surface area (TPSA) is 46.6 Å². The van der Waals surface area contributed by atoms with Crippen molar-refractivity contribution < 1.29 is 18.7 Å². The highest BCUT2D eigenvalue weighted by Gasteiger charge is 2.13. The van der Waals surface area contributed by atoms with E-state index in [4.69, 9.17) is 4.74 Å².